The average molecular weight is 238 g/mol. The van der Waals surface area contributed by atoms with E-state index in [9.17, 15) is 14.9 Å². The lowest BCUT2D eigenvalue weighted by Crippen LogP contribution is -2.21. The molecule has 0 aliphatic carbocycles. The molecular formula is C11H14N2O4. The van der Waals surface area contributed by atoms with Crippen molar-refractivity contribution < 1.29 is 14.8 Å². The number of hydrogen-bond donors (Lipinski definition) is 1. The molecule has 17 heavy (non-hydrogen) atoms. The molecule has 0 unspecified atom stereocenters. The van der Waals surface area contributed by atoms with Gasteiger partial charge in [0.1, 0.15) is 5.69 Å². The summed E-state index contributed by atoms with van der Waals surface area (Å²) in [5.41, 5.74) is 1.23. The summed E-state index contributed by atoms with van der Waals surface area (Å²) in [7, 11) is 1.64. The zero-order chi connectivity index (χ0) is 13.0. The van der Waals surface area contributed by atoms with Gasteiger partial charge in [0.25, 0.3) is 5.69 Å². The fourth-order valence-corrected chi connectivity index (χ4v) is 1.49. The van der Waals surface area contributed by atoms with Gasteiger partial charge in [-0.1, -0.05) is 6.07 Å². The van der Waals surface area contributed by atoms with Crippen LogP contribution >= 0.6 is 0 Å². The summed E-state index contributed by atoms with van der Waals surface area (Å²) >= 11 is 0. The first-order valence-electron chi connectivity index (χ1n) is 5.10. The molecule has 92 valence electrons. The van der Waals surface area contributed by atoms with Crippen LogP contribution in [-0.2, 0) is 4.79 Å². The molecule has 0 amide bonds. The minimum absolute atomic E-state index is 0.00195. The molecule has 0 heterocycles. The van der Waals surface area contributed by atoms with E-state index in [-0.39, 0.29) is 18.7 Å². The van der Waals surface area contributed by atoms with Crippen LogP contribution < -0.4 is 4.90 Å². The Morgan fingerprint density at radius 1 is 1.53 bits per heavy atom. The Morgan fingerprint density at radius 3 is 2.71 bits per heavy atom. The average Bonchev–Trinajstić information content (AvgIpc) is 2.25. The molecule has 0 aromatic heterocycles. The molecule has 6 nitrogen and oxygen atoms in total. The highest BCUT2D eigenvalue weighted by Crippen LogP contribution is 2.28. The molecule has 0 saturated carbocycles. The van der Waals surface area contributed by atoms with Crippen molar-refractivity contribution in [1.82, 2.24) is 0 Å². The van der Waals surface area contributed by atoms with Crippen LogP contribution in [0.4, 0.5) is 11.4 Å². The molecule has 6 heteroatoms. The molecule has 1 aromatic rings. The number of carboxylic acid groups (broad SMARTS) is 1. The maximum atomic E-state index is 10.9. The summed E-state index contributed by atoms with van der Waals surface area (Å²) in [5.74, 6) is -0.924. The number of rotatable bonds is 5. The van der Waals surface area contributed by atoms with Crippen LogP contribution in [0.25, 0.3) is 0 Å². The summed E-state index contributed by atoms with van der Waals surface area (Å²) in [6, 6.07) is 4.88. The number of hydrogen-bond acceptors (Lipinski definition) is 4. The second-order valence-corrected chi connectivity index (χ2v) is 3.81. The zero-order valence-electron chi connectivity index (χ0n) is 9.71. The van der Waals surface area contributed by atoms with Crippen molar-refractivity contribution in [1.29, 1.82) is 0 Å². The molecule has 0 saturated heterocycles. The number of nitrogens with zero attached hydrogens (tertiary/aromatic N) is 2. The Labute approximate surface area is 98.6 Å². The van der Waals surface area contributed by atoms with Gasteiger partial charge in [0.15, 0.2) is 0 Å². The number of aliphatic carboxylic acids is 1. The molecule has 1 aromatic carbocycles. The number of carbonyl (C=O) groups is 1. The first-order chi connectivity index (χ1) is 7.91. The van der Waals surface area contributed by atoms with Crippen molar-refractivity contribution in [2.75, 3.05) is 18.5 Å². The topological polar surface area (TPSA) is 83.7 Å². The highest BCUT2D eigenvalue weighted by molar-refractivity contribution is 5.69. The van der Waals surface area contributed by atoms with E-state index in [1.807, 2.05) is 0 Å². The van der Waals surface area contributed by atoms with Crippen LogP contribution in [0.3, 0.4) is 0 Å². The van der Waals surface area contributed by atoms with Crippen LogP contribution in [0, 0.1) is 17.0 Å². The molecule has 1 N–H and O–H groups in total. The van der Waals surface area contributed by atoms with E-state index in [0.29, 0.717) is 5.69 Å². The predicted octanol–water partition coefficient (Wildman–Crippen LogP) is 1.81. The molecule has 0 aliphatic rings. The van der Waals surface area contributed by atoms with Crippen LogP contribution in [0.1, 0.15) is 12.0 Å². The van der Waals surface area contributed by atoms with Crippen molar-refractivity contribution in [3.8, 4) is 0 Å². The van der Waals surface area contributed by atoms with Crippen LogP contribution in [0.2, 0.25) is 0 Å². The number of benzene rings is 1. The van der Waals surface area contributed by atoms with Gasteiger partial charge in [0.2, 0.25) is 0 Å². The zero-order valence-corrected chi connectivity index (χ0v) is 9.71. The van der Waals surface area contributed by atoms with Gasteiger partial charge in [-0.15, -0.1) is 0 Å². The lowest BCUT2D eigenvalue weighted by atomic mass is 10.2. The smallest absolute Gasteiger partial charge is 0.305 e. The summed E-state index contributed by atoms with van der Waals surface area (Å²) in [4.78, 5) is 22.4. The highest BCUT2D eigenvalue weighted by Gasteiger charge is 2.17. The molecule has 1 rings (SSSR count). The van der Waals surface area contributed by atoms with E-state index in [1.54, 1.807) is 31.0 Å². The quantitative estimate of drug-likeness (QED) is 0.624. The lowest BCUT2D eigenvalue weighted by Gasteiger charge is -2.18. The number of anilines is 1. The third-order valence-corrected chi connectivity index (χ3v) is 2.40. The van der Waals surface area contributed by atoms with E-state index in [2.05, 4.69) is 0 Å². The molecule has 0 spiro atoms. The van der Waals surface area contributed by atoms with E-state index >= 15 is 0 Å². The Kier molecular flexibility index (Phi) is 4.03. The molecule has 0 aliphatic heterocycles. The molecule has 0 radical (unpaired) electrons. The summed E-state index contributed by atoms with van der Waals surface area (Å²) in [5, 5.41) is 19.5. The van der Waals surface area contributed by atoms with Crippen LogP contribution in [0.15, 0.2) is 18.2 Å². The van der Waals surface area contributed by atoms with Gasteiger partial charge < -0.3 is 10.0 Å². The third-order valence-electron chi connectivity index (χ3n) is 2.40. The van der Waals surface area contributed by atoms with Gasteiger partial charge in [0, 0.05) is 19.7 Å². The number of carboxylic acids is 1. The maximum Gasteiger partial charge on any atom is 0.305 e. The monoisotopic (exact) mass is 238 g/mol. The van der Waals surface area contributed by atoms with E-state index in [4.69, 9.17) is 5.11 Å². The standard InChI is InChI=1S/C11H14N2O4/c1-8-3-4-9(10(7-8)13(16)17)12(2)6-5-11(14)15/h3-4,7H,5-6H2,1-2H3,(H,14,15). The fraction of sp³-hybridized carbons (Fsp3) is 0.364. The Morgan fingerprint density at radius 2 is 2.18 bits per heavy atom. The van der Waals surface area contributed by atoms with Gasteiger partial charge in [0.05, 0.1) is 11.3 Å². The molecular weight excluding hydrogens is 224 g/mol. The van der Waals surface area contributed by atoms with Gasteiger partial charge in [-0.25, -0.2) is 0 Å². The minimum Gasteiger partial charge on any atom is -0.481 e. The summed E-state index contributed by atoms with van der Waals surface area (Å²) < 4.78 is 0. The van der Waals surface area contributed by atoms with E-state index in [1.165, 1.54) is 6.07 Å². The van der Waals surface area contributed by atoms with Crippen molar-refractivity contribution >= 4 is 17.3 Å². The normalized spacial score (nSPS) is 10.0. The Balaban J connectivity index is 2.96. The van der Waals surface area contributed by atoms with Crippen molar-refractivity contribution in [2.24, 2.45) is 0 Å². The van der Waals surface area contributed by atoms with Crippen LogP contribution in [-0.4, -0.2) is 29.6 Å². The van der Waals surface area contributed by atoms with Gasteiger partial charge in [-0.2, -0.15) is 0 Å². The van der Waals surface area contributed by atoms with Crippen LogP contribution in [0.5, 0.6) is 0 Å². The van der Waals surface area contributed by atoms with Gasteiger partial charge >= 0.3 is 5.97 Å². The number of nitro groups is 1. The minimum atomic E-state index is -0.924. The van der Waals surface area contributed by atoms with Crippen molar-refractivity contribution in [2.45, 2.75) is 13.3 Å². The first kappa shape index (κ1) is 13.0. The second-order valence-electron chi connectivity index (χ2n) is 3.81. The molecule has 0 bridgehead atoms. The van der Waals surface area contributed by atoms with Gasteiger partial charge in [-0.3, -0.25) is 14.9 Å². The highest BCUT2D eigenvalue weighted by atomic mass is 16.6. The molecule has 0 atom stereocenters. The Bertz CT molecular complexity index is 445. The number of nitro benzene ring substituents is 1. The maximum absolute atomic E-state index is 10.9. The lowest BCUT2D eigenvalue weighted by molar-refractivity contribution is -0.384. The van der Waals surface area contributed by atoms with E-state index < -0.39 is 10.9 Å². The predicted molar refractivity (Wildman–Crippen MR) is 63.4 cm³/mol. The fourth-order valence-electron chi connectivity index (χ4n) is 1.49. The third kappa shape index (κ3) is 3.44. The second kappa shape index (κ2) is 5.29. The number of aryl methyl sites for hydroxylation is 1. The van der Waals surface area contributed by atoms with Gasteiger partial charge in [-0.05, 0) is 18.6 Å². The summed E-state index contributed by atoms with van der Waals surface area (Å²) in [6.45, 7) is 2.01. The first-order valence-corrected chi connectivity index (χ1v) is 5.10. The SMILES string of the molecule is Cc1ccc(N(C)CCC(=O)O)c([N+](=O)[O-])c1. The van der Waals surface area contributed by atoms with Crippen molar-refractivity contribution in [3.63, 3.8) is 0 Å². The van der Waals surface area contributed by atoms with E-state index in [0.717, 1.165) is 5.56 Å². The molecule has 0 fully saturated rings. The largest absolute Gasteiger partial charge is 0.481 e. The van der Waals surface area contributed by atoms with Crippen molar-refractivity contribution in [3.05, 3.63) is 33.9 Å². The Hall–Kier alpha value is -2.11. The summed E-state index contributed by atoms with van der Waals surface area (Å²) in [6.07, 6.45) is -0.0540.